The van der Waals surface area contributed by atoms with Gasteiger partial charge in [0.05, 0.1) is 11.3 Å². The number of aromatic hydroxyl groups is 1. The van der Waals surface area contributed by atoms with Crippen molar-refractivity contribution in [2.24, 2.45) is 5.92 Å². The van der Waals surface area contributed by atoms with Gasteiger partial charge in [-0.25, -0.2) is 0 Å². The summed E-state index contributed by atoms with van der Waals surface area (Å²) >= 11 is 0. The molecule has 1 aliphatic carbocycles. The molecule has 3 rings (SSSR count). The van der Waals surface area contributed by atoms with E-state index in [2.05, 4.69) is 17.6 Å². The first kappa shape index (κ1) is 18.9. The molecule has 0 heterocycles. The summed E-state index contributed by atoms with van der Waals surface area (Å²) in [5.41, 5.74) is -0.400. The van der Waals surface area contributed by atoms with Crippen LogP contribution in [0.15, 0.2) is 27.8 Å². The van der Waals surface area contributed by atoms with Crippen LogP contribution in [-0.4, -0.2) is 36.1 Å². The molecule has 7 nitrogen and oxygen atoms in total. The number of phenolic OH excluding ortho intramolecular Hbond substituents is 1. The summed E-state index contributed by atoms with van der Waals surface area (Å²) in [4.78, 5) is 37.6. The first-order chi connectivity index (χ1) is 12.8. The molecular weight excluding hydrogens is 346 g/mol. The van der Waals surface area contributed by atoms with Gasteiger partial charge in [0.25, 0.3) is 16.8 Å². The molecule has 0 bridgehead atoms. The lowest BCUT2D eigenvalue weighted by atomic mass is 9.99. The number of anilines is 3. The Kier molecular flexibility index (Phi) is 5.21. The molecule has 0 saturated heterocycles. The molecule has 144 valence electrons. The van der Waals surface area contributed by atoms with Gasteiger partial charge in [-0.15, -0.1) is 0 Å². The number of benzene rings is 1. The van der Waals surface area contributed by atoms with E-state index in [9.17, 15) is 19.5 Å². The molecule has 0 aromatic heterocycles. The highest BCUT2D eigenvalue weighted by Crippen LogP contribution is 2.34. The second kappa shape index (κ2) is 7.42. The lowest BCUT2D eigenvalue weighted by molar-refractivity contribution is 0.0824. The van der Waals surface area contributed by atoms with E-state index in [1.807, 2.05) is 0 Å². The van der Waals surface area contributed by atoms with Gasteiger partial charge in [-0.05, 0) is 30.9 Å². The van der Waals surface area contributed by atoms with Crippen molar-refractivity contribution in [1.82, 2.24) is 4.90 Å². The lowest BCUT2D eigenvalue weighted by Gasteiger charge is -2.23. The Bertz CT molecular complexity index is 928. The maximum absolute atomic E-state index is 12.2. The van der Waals surface area contributed by atoms with Crippen molar-refractivity contribution in [2.75, 3.05) is 24.7 Å². The molecule has 1 saturated carbocycles. The van der Waals surface area contributed by atoms with E-state index in [-0.39, 0.29) is 40.3 Å². The molecule has 1 fully saturated rings. The zero-order valence-electron chi connectivity index (χ0n) is 15.8. The number of amides is 1. The molecule has 27 heavy (non-hydrogen) atoms. The summed E-state index contributed by atoms with van der Waals surface area (Å²) in [5, 5.41) is 16.5. The molecule has 2 atom stereocenters. The Balaban J connectivity index is 1.86. The number of rotatable bonds is 6. The summed E-state index contributed by atoms with van der Waals surface area (Å²) in [6, 6.07) is 4.86. The topological polar surface area (TPSA) is 98.7 Å². The molecule has 7 heteroatoms. The Morgan fingerprint density at radius 2 is 1.89 bits per heavy atom. The van der Waals surface area contributed by atoms with Gasteiger partial charge >= 0.3 is 0 Å². The van der Waals surface area contributed by atoms with Gasteiger partial charge in [0, 0.05) is 20.1 Å². The van der Waals surface area contributed by atoms with E-state index in [0.717, 1.165) is 25.7 Å². The number of carbonyl (C=O) groups is 1. The third-order valence-electron chi connectivity index (χ3n) is 5.36. The van der Waals surface area contributed by atoms with Crippen molar-refractivity contribution in [1.29, 1.82) is 0 Å². The molecule has 1 unspecified atom stereocenters. The lowest BCUT2D eigenvalue weighted by Crippen LogP contribution is -2.39. The molecule has 3 N–H and O–H groups in total. The fourth-order valence-electron chi connectivity index (χ4n) is 3.74. The monoisotopic (exact) mass is 371 g/mol. The van der Waals surface area contributed by atoms with Gasteiger partial charge in [-0.2, -0.15) is 0 Å². The fraction of sp³-hybridized carbons (Fsp3) is 0.450. The number of para-hydroxylation sites is 1. The van der Waals surface area contributed by atoms with Crippen molar-refractivity contribution < 1.29 is 9.90 Å². The predicted octanol–water partition coefficient (Wildman–Crippen LogP) is 2.42. The van der Waals surface area contributed by atoms with Gasteiger partial charge in [0.2, 0.25) is 0 Å². The second-order valence-electron chi connectivity index (χ2n) is 7.28. The van der Waals surface area contributed by atoms with Crippen LogP contribution in [0.5, 0.6) is 5.75 Å². The highest BCUT2D eigenvalue weighted by atomic mass is 16.3. The molecular formula is C20H25N3O4. The van der Waals surface area contributed by atoms with Gasteiger partial charge in [0.15, 0.2) is 5.75 Å². The summed E-state index contributed by atoms with van der Waals surface area (Å²) in [7, 11) is 3.18. The van der Waals surface area contributed by atoms with Crippen LogP contribution in [0.1, 0.15) is 43.0 Å². The van der Waals surface area contributed by atoms with E-state index in [1.54, 1.807) is 26.2 Å². The highest BCUT2D eigenvalue weighted by molar-refractivity contribution is 5.99. The van der Waals surface area contributed by atoms with Crippen molar-refractivity contribution in [3.05, 3.63) is 44.2 Å². The number of nitrogens with one attached hydrogen (secondary N) is 2. The zero-order chi connectivity index (χ0) is 19.7. The average molecular weight is 371 g/mol. The number of nitrogens with zero attached hydrogens (tertiary/aromatic N) is 1. The van der Waals surface area contributed by atoms with E-state index in [4.69, 9.17) is 0 Å². The maximum atomic E-state index is 12.2. The highest BCUT2D eigenvalue weighted by Gasteiger charge is 2.30. The average Bonchev–Trinajstić information content (AvgIpc) is 3.12. The van der Waals surface area contributed by atoms with Crippen molar-refractivity contribution >= 4 is 23.0 Å². The summed E-state index contributed by atoms with van der Waals surface area (Å²) < 4.78 is 0. The fourth-order valence-corrected chi connectivity index (χ4v) is 3.74. The third-order valence-corrected chi connectivity index (χ3v) is 5.36. The van der Waals surface area contributed by atoms with Crippen molar-refractivity contribution in [3.8, 4) is 5.75 Å². The van der Waals surface area contributed by atoms with Crippen LogP contribution in [0.2, 0.25) is 0 Å². The SMILES string of the molecule is CCC1CCC[C@@H]1Nc1c(Nc2cccc(C(=O)N(C)C)c2O)c(=O)c1=O. The minimum atomic E-state index is -0.618. The molecule has 0 aliphatic heterocycles. The first-order valence-corrected chi connectivity index (χ1v) is 9.25. The minimum absolute atomic E-state index is 0.125. The van der Waals surface area contributed by atoms with E-state index in [0.29, 0.717) is 5.92 Å². The van der Waals surface area contributed by atoms with E-state index >= 15 is 0 Å². The molecule has 2 aromatic rings. The number of phenols is 1. The maximum Gasteiger partial charge on any atom is 0.257 e. The van der Waals surface area contributed by atoms with Crippen LogP contribution in [-0.2, 0) is 0 Å². The number of hydrogen-bond donors (Lipinski definition) is 3. The molecule has 2 aromatic carbocycles. The minimum Gasteiger partial charge on any atom is -0.505 e. The van der Waals surface area contributed by atoms with Gasteiger partial charge < -0.3 is 20.6 Å². The van der Waals surface area contributed by atoms with Crippen molar-refractivity contribution in [2.45, 2.75) is 38.6 Å². The largest absolute Gasteiger partial charge is 0.505 e. The predicted molar refractivity (Wildman–Crippen MR) is 106 cm³/mol. The van der Waals surface area contributed by atoms with E-state index in [1.165, 1.54) is 11.0 Å². The van der Waals surface area contributed by atoms with E-state index < -0.39 is 10.9 Å². The summed E-state index contributed by atoms with van der Waals surface area (Å²) in [5.74, 6) is -0.115. The van der Waals surface area contributed by atoms with Gasteiger partial charge in [0.1, 0.15) is 11.4 Å². The Morgan fingerprint density at radius 1 is 1.19 bits per heavy atom. The smallest absolute Gasteiger partial charge is 0.257 e. The Labute approximate surface area is 157 Å². The van der Waals surface area contributed by atoms with Crippen molar-refractivity contribution in [3.63, 3.8) is 0 Å². The van der Waals surface area contributed by atoms with Crippen LogP contribution >= 0.6 is 0 Å². The number of hydrogen-bond acceptors (Lipinski definition) is 6. The molecule has 1 aliphatic rings. The molecule has 1 amide bonds. The number of carbonyl (C=O) groups excluding carboxylic acids is 1. The quantitative estimate of drug-likeness (QED) is 0.533. The Morgan fingerprint density at radius 3 is 2.56 bits per heavy atom. The summed E-state index contributed by atoms with van der Waals surface area (Å²) in [6.07, 6.45) is 4.20. The zero-order valence-corrected chi connectivity index (χ0v) is 15.8. The normalized spacial score (nSPS) is 19.2. The second-order valence-corrected chi connectivity index (χ2v) is 7.28. The molecule has 0 radical (unpaired) electrons. The standard InChI is InChI=1S/C20H25N3O4/c1-4-11-7-5-9-13(11)21-15-16(19(26)18(15)25)22-14-10-6-8-12(17(14)24)20(27)23(2)3/h6,8,10-11,13,21-22,24H,4-5,7,9H2,1-3H3/t11?,13-/m0/s1. The van der Waals surface area contributed by atoms with Crippen LogP contribution in [0.4, 0.5) is 17.1 Å². The van der Waals surface area contributed by atoms with Crippen LogP contribution in [0.3, 0.4) is 0 Å². The Hall–Kier alpha value is -2.83. The molecule has 0 spiro atoms. The third kappa shape index (κ3) is 3.41. The van der Waals surface area contributed by atoms with Gasteiger partial charge in [-0.3, -0.25) is 14.4 Å². The first-order valence-electron chi connectivity index (χ1n) is 9.25. The van der Waals surface area contributed by atoms with Crippen LogP contribution in [0.25, 0.3) is 0 Å². The van der Waals surface area contributed by atoms with Gasteiger partial charge in [-0.1, -0.05) is 25.8 Å². The van der Waals surface area contributed by atoms with Crippen LogP contribution in [0, 0.1) is 5.92 Å². The van der Waals surface area contributed by atoms with Crippen LogP contribution < -0.4 is 21.5 Å². The summed E-state index contributed by atoms with van der Waals surface area (Å²) in [6.45, 7) is 2.12.